The number of benzene rings is 3. The highest BCUT2D eigenvalue weighted by Gasteiger charge is 2.38. The first-order valence-corrected chi connectivity index (χ1v) is 13.5. The van der Waals surface area contributed by atoms with Gasteiger partial charge in [0.15, 0.2) is 5.69 Å². The van der Waals surface area contributed by atoms with Gasteiger partial charge in [-0.2, -0.15) is 0 Å². The molecule has 2 heterocycles. The number of hydrogen-bond acceptors (Lipinski definition) is 7. The van der Waals surface area contributed by atoms with Gasteiger partial charge in [0.05, 0.1) is 38.5 Å². The smallest absolute Gasteiger partial charge is 0.360 e. The fourth-order valence-electron chi connectivity index (χ4n) is 5.21. The molecule has 3 aromatic carbocycles. The van der Waals surface area contributed by atoms with E-state index in [1.165, 1.54) is 7.11 Å². The van der Waals surface area contributed by atoms with Gasteiger partial charge in [0.25, 0.3) is 0 Å². The number of nitrogens with zero attached hydrogens (tertiary/aromatic N) is 4. The molecule has 0 radical (unpaired) electrons. The fraction of sp³-hybridized carbons (Fsp3) is 0.250. The van der Waals surface area contributed by atoms with Crippen molar-refractivity contribution >= 4 is 18.0 Å². The number of ether oxygens (including phenoxy) is 2. The van der Waals surface area contributed by atoms with Crippen LogP contribution < -0.4 is 10.1 Å². The van der Waals surface area contributed by atoms with Gasteiger partial charge in [-0.15, -0.1) is 5.10 Å². The molecule has 1 amide bonds. The van der Waals surface area contributed by atoms with Crippen molar-refractivity contribution in [2.75, 3.05) is 27.3 Å². The van der Waals surface area contributed by atoms with E-state index < -0.39 is 12.0 Å². The van der Waals surface area contributed by atoms with Crippen molar-refractivity contribution in [1.82, 2.24) is 25.2 Å². The summed E-state index contributed by atoms with van der Waals surface area (Å²) in [4.78, 5) is 28.1. The van der Waals surface area contributed by atoms with E-state index >= 15 is 0 Å². The highest BCUT2D eigenvalue weighted by atomic mass is 16.5. The van der Waals surface area contributed by atoms with Crippen LogP contribution in [0.3, 0.4) is 0 Å². The number of carbonyl (C=O) groups is 2. The average molecular weight is 552 g/mol. The highest BCUT2D eigenvalue weighted by Crippen LogP contribution is 2.29. The van der Waals surface area contributed by atoms with E-state index in [1.807, 2.05) is 97.1 Å². The summed E-state index contributed by atoms with van der Waals surface area (Å²) in [6.45, 7) is 1.09. The molecule has 4 aromatic rings. The number of aromatic nitrogens is 3. The summed E-state index contributed by atoms with van der Waals surface area (Å²) in [5.74, 6) is 0.154. The van der Waals surface area contributed by atoms with Crippen molar-refractivity contribution in [2.24, 2.45) is 0 Å². The van der Waals surface area contributed by atoms with Gasteiger partial charge >= 0.3 is 5.97 Å². The van der Waals surface area contributed by atoms with Crippen LogP contribution >= 0.6 is 0 Å². The molecule has 2 atom stereocenters. The number of nitrogens with one attached hydrogen (secondary N) is 1. The van der Waals surface area contributed by atoms with Gasteiger partial charge in [0, 0.05) is 18.7 Å². The minimum atomic E-state index is -0.547. The lowest BCUT2D eigenvalue weighted by atomic mass is 9.98. The number of likely N-dealkylation sites (tertiary alicyclic amines) is 1. The van der Waals surface area contributed by atoms with Crippen molar-refractivity contribution in [3.63, 3.8) is 0 Å². The third kappa shape index (κ3) is 6.53. The van der Waals surface area contributed by atoms with Crippen molar-refractivity contribution in [3.05, 3.63) is 120 Å². The van der Waals surface area contributed by atoms with Crippen LogP contribution in [-0.2, 0) is 9.53 Å². The van der Waals surface area contributed by atoms with Crippen LogP contribution in [0.4, 0.5) is 0 Å². The van der Waals surface area contributed by atoms with Crippen molar-refractivity contribution in [3.8, 4) is 5.75 Å². The van der Waals surface area contributed by atoms with Crippen LogP contribution in [0.25, 0.3) is 6.08 Å². The van der Waals surface area contributed by atoms with Crippen LogP contribution in [0.1, 0.15) is 45.7 Å². The van der Waals surface area contributed by atoms with Gasteiger partial charge in [-0.3, -0.25) is 9.69 Å². The lowest BCUT2D eigenvalue weighted by Crippen LogP contribution is -2.44. The topological polar surface area (TPSA) is 98.6 Å². The van der Waals surface area contributed by atoms with E-state index in [1.54, 1.807) is 18.0 Å². The lowest BCUT2D eigenvalue weighted by molar-refractivity contribution is -0.125. The Kier molecular flexibility index (Phi) is 8.85. The minimum Gasteiger partial charge on any atom is -0.496 e. The molecule has 0 unspecified atom stereocenters. The highest BCUT2D eigenvalue weighted by molar-refractivity contribution is 5.86. The zero-order valence-electron chi connectivity index (χ0n) is 23.1. The van der Waals surface area contributed by atoms with Gasteiger partial charge in [-0.1, -0.05) is 96.2 Å². The Bertz CT molecular complexity index is 1450. The average Bonchev–Trinajstić information content (AvgIpc) is 3.69. The zero-order chi connectivity index (χ0) is 28.6. The molecule has 210 valence electrons. The van der Waals surface area contributed by atoms with Gasteiger partial charge in [-0.25, -0.2) is 9.48 Å². The Labute approximate surface area is 239 Å². The predicted octanol–water partition coefficient (Wildman–Crippen LogP) is 4.31. The molecule has 0 aliphatic carbocycles. The van der Waals surface area contributed by atoms with Crippen molar-refractivity contribution < 1.29 is 19.1 Å². The molecular weight excluding hydrogens is 518 g/mol. The van der Waals surface area contributed by atoms with Crippen LogP contribution in [-0.4, -0.2) is 65.1 Å². The molecule has 0 spiro atoms. The number of esters is 1. The first-order chi connectivity index (χ1) is 20.1. The largest absolute Gasteiger partial charge is 0.496 e. The maximum atomic E-state index is 14.0. The van der Waals surface area contributed by atoms with Crippen LogP contribution in [0.2, 0.25) is 0 Å². The Morgan fingerprint density at radius 1 is 0.976 bits per heavy atom. The molecule has 0 bridgehead atoms. The number of carbonyl (C=O) groups excluding carboxylic acids is 2. The first-order valence-electron chi connectivity index (χ1n) is 13.5. The van der Waals surface area contributed by atoms with Crippen molar-refractivity contribution in [1.29, 1.82) is 0 Å². The molecule has 5 rings (SSSR count). The Morgan fingerprint density at radius 2 is 1.63 bits per heavy atom. The standard InChI is InChI=1S/C32H33N5O4/c1-40-29-18-10-9-12-23(29)17-11-19-36-21-26(37-22-27(34-35-37)32(39)41-2)20-28(36)31(38)33-30(24-13-5-3-6-14-24)25-15-7-4-8-16-25/h3-18,22,26,28,30H,19-21H2,1-2H3,(H,33,38)/b17-11+/t26-,28+/m1/s1. The summed E-state index contributed by atoms with van der Waals surface area (Å²) < 4.78 is 11.9. The quantitative estimate of drug-likeness (QED) is 0.293. The third-order valence-corrected chi connectivity index (χ3v) is 7.29. The SMILES string of the molecule is COC(=O)c1cn([C@@H]2C[C@@H](C(=O)NC(c3ccccc3)c3ccccc3)N(C/C=C/c3ccccc3OC)C2)nn1. The Balaban J connectivity index is 1.40. The Morgan fingerprint density at radius 3 is 2.29 bits per heavy atom. The molecule has 1 aliphatic heterocycles. The molecule has 1 fully saturated rings. The van der Waals surface area contributed by atoms with E-state index in [-0.39, 0.29) is 23.7 Å². The second-order valence-corrected chi connectivity index (χ2v) is 9.84. The first kappa shape index (κ1) is 27.8. The molecule has 1 aliphatic rings. The van der Waals surface area contributed by atoms with Gasteiger partial charge in [0.2, 0.25) is 5.91 Å². The monoisotopic (exact) mass is 551 g/mol. The van der Waals surface area contributed by atoms with Crippen LogP contribution in [0.15, 0.2) is 97.2 Å². The van der Waals surface area contributed by atoms with Crippen LogP contribution in [0.5, 0.6) is 5.75 Å². The maximum absolute atomic E-state index is 14.0. The number of hydrogen-bond donors (Lipinski definition) is 1. The summed E-state index contributed by atoms with van der Waals surface area (Å²) in [5.41, 5.74) is 3.10. The molecule has 1 N–H and O–H groups in total. The van der Waals surface area contributed by atoms with E-state index in [2.05, 4.69) is 20.5 Å². The zero-order valence-corrected chi connectivity index (χ0v) is 23.1. The van der Waals surface area contributed by atoms with E-state index in [0.29, 0.717) is 19.5 Å². The van der Waals surface area contributed by atoms with Crippen molar-refractivity contribution in [2.45, 2.75) is 24.5 Å². The summed E-state index contributed by atoms with van der Waals surface area (Å²) in [6, 6.07) is 26.8. The van der Waals surface area contributed by atoms with Gasteiger partial charge in [-0.05, 0) is 23.6 Å². The molecule has 9 nitrogen and oxygen atoms in total. The molecule has 9 heteroatoms. The van der Waals surface area contributed by atoms with Gasteiger partial charge in [0.1, 0.15) is 5.75 Å². The molecule has 1 aromatic heterocycles. The minimum absolute atomic E-state index is 0.0794. The second kappa shape index (κ2) is 13.1. The lowest BCUT2D eigenvalue weighted by Gasteiger charge is -2.26. The van der Waals surface area contributed by atoms with Crippen LogP contribution in [0, 0.1) is 0 Å². The molecule has 1 saturated heterocycles. The molecule has 0 saturated carbocycles. The third-order valence-electron chi connectivity index (χ3n) is 7.29. The number of rotatable bonds is 10. The summed E-state index contributed by atoms with van der Waals surface area (Å²) in [6.07, 6.45) is 6.13. The number of para-hydroxylation sites is 1. The van der Waals surface area contributed by atoms with E-state index in [4.69, 9.17) is 9.47 Å². The summed E-state index contributed by atoms with van der Waals surface area (Å²) in [5, 5.41) is 11.4. The predicted molar refractivity (Wildman–Crippen MR) is 155 cm³/mol. The Hall–Kier alpha value is -4.76. The maximum Gasteiger partial charge on any atom is 0.360 e. The summed E-state index contributed by atoms with van der Waals surface area (Å²) in [7, 11) is 2.96. The van der Waals surface area contributed by atoms with E-state index in [0.717, 1.165) is 22.4 Å². The molecule has 41 heavy (non-hydrogen) atoms. The number of methoxy groups -OCH3 is 2. The second-order valence-electron chi connectivity index (χ2n) is 9.84. The normalized spacial score (nSPS) is 17.1. The summed E-state index contributed by atoms with van der Waals surface area (Å²) >= 11 is 0. The van der Waals surface area contributed by atoms with E-state index in [9.17, 15) is 9.59 Å². The number of amides is 1. The fourth-order valence-corrected chi connectivity index (χ4v) is 5.21. The molecular formula is C32H33N5O4. The van der Waals surface area contributed by atoms with Gasteiger partial charge < -0.3 is 14.8 Å².